The number of nitrogen functional groups attached to an aromatic ring is 1. The van der Waals surface area contributed by atoms with Crippen LogP contribution in [-0.4, -0.2) is 18.9 Å². The van der Waals surface area contributed by atoms with Crippen LogP contribution < -0.4 is 21.3 Å². The van der Waals surface area contributed by atoms with Crippen LogP contribution in [-0.2, 0) is 4.79 Å². The number of nitrogens with two attached hydrogens (primary N) is 1. The van der Waals surface area contributed by atoms with Gasteiger partial charge in [0, 0.05) is 18.2 Å². The van der Waals surface area contributed by atoms with Crippen LogP contribution >= 0.6 is 0 Å². The molecule has 0 unspecified atom stereocenters. The number of hydrogen-bond acceptors (Lipinski definition) is 4. The van der Waals surface area contributed by atoms with E-state index in [2.05, 4.69) is 17.7 Å². The van der Waals surface area contributed by atoms with Crippen molar-refractivity contribution in [1.82, 2.24) is 5.43 Å². The lowest BCUT2D eigenvalue weighted by Crippen LogP contribution is -2.30. The molecule has 0 saturated carbocycles. The second kappa shape index (κ2) is 18.5. The number of carbonyl (C=O) groups excluding carboxylic acids is 2. The zero-order valence-corrected chi connectivity index (χ0v) is 20.3. The second-order valence-corrected chi connectivity index (χ2v) is 8.64. The molecule has 32 heavy (non-hydrogen) atoms. The highest BCUT2D eigenvalue weighted by atomic mass is 16.5. The predicted molar refractivity (Wildman–Crippen MR) is 133 cm³/mol. The van der Waals surface area contributed by atoms with Gasteiger partial charge in [0.2, 0.25) is 5.91 Å². The Morgan fingerprint density at radius 1 is 0.812 bits per heavy atom. The van der Waals surface area contributed by atoms with Gasteiger partial charge in [-0.1, -0.05) is 96.8 Å². The van der Waals surface area contributed by atoms with Crippen LogP contribution in [0.5, 0.6) is 5.75 Å². The molecule has 0 aromatic heterocycles. The molecule has 1 aromatic carbocycles. The average molecular weight is 448 g/mol. The lowest BCUT2D eigenvalue weighted by Gasteiger charge is -2.10. The van der Waals surface area contributed by atoms with Crippen LogP contribution in [0.1, 0.15) is 120 Å². The Hall–Kier alpha value is -2.08. The Morgan fingerprint density at radius 2 is 1.31 bits per heavy atom. The summed E-state index contributed by atoms with van der Waals surface area (Å²) >= 11 is 0. The van der Waals surface area contributed by atoms with Crippen molar-refractivity contribution in [2.75, 3.05) is 12.4 Å². The first kappa shape index (κ1) is 28.0. The Morgan fingerprint density at radius 3 is 1.78 bits per heavy atom. The van der Waals surface area contributed by atoms with Crippen molar-refractivity contribution in [3.05, 3.63) is 23.8 Å². The van der Waals surface area contributed by atoms with E-state index in [9.17, 15) is 9.59 Å². The van der Waals surface area contributed by atoms with Crippen LogP contribution in [0.15, 0.2) is 18.2 Å². The largest absolute Gasteiger partial charge is 0.496 e. The second-order valence-electron chi connectivity index (χ2n) is 8.64. The number of hydrazine groups is 1. The molecule has 4 N–H and O–H groups in total. The van der Waals surface area contributed by atoms with Crippen molar-refractivity contribution in [3.63, 3.8) is 0 Å². The molecule has 0 radical (unpaired) electrons. The fourth-order valence-corrected chi connectivity index (χ4v) is 3.91. The maximum absolute atomic E-state index is 12.2. The van der Waals surface area contributed by atoms with Crippen LogP contribution in [0.4, 0.5) is 5.69 Å². The van der Waals surface area contributed by atoms with Gasteiger partial charge < -0.3 is 10.1 Å². The van der Waals surface area contributed by atoms with E-state index >= 15 is 0 Å². The lowest BCUT2D eigenvalue weighted by atomic mass is 10.0. The first-order valence-corrected chi connectivity index (χ1v) is 12.6. The zero-order chi connectivity index (χ0) is 23.4. The van der Waals surface area contributed by atoms with Gasteiger partial charge in [-0.3, -0.25) is 15.0 Å². The van der Waals surface area contributed by atoms with E-state index in [1.165, 1.54) is 90.6 Å². The van der Waals surface area contributed by atoms with E-state index in [4.69, 9.17) is 10.6 Å². The molecule has 0 aliphatic heterocycles. The molecule has 1 aromatic rings. The molecule has 0 saturated heterocycles. The molecule has 0 heterocycles. The summed E-state index contributed by atoms with van der Waals surface area (Å²) in [5, 5.41) is 2.87. The third-order valence-corrected chi connectivity index (χ3v) is 5.87. The minimum absolute atomic E-state index is 0.0160. The van der Waals surface area contributed by atoms with Gasteiger partial charge in [-0.25, -0.2) is 5.84 Å². The average Bonchev–Trinajstić information content (AvgIpc) is 2.80. The van der Waals surface area contributed by atoms with Crippen LogP contribution in [0.25, 0.3) is 0 Å². The first-order valence-electron chi connectivity index (χ1n) is 12.6. The predicted octanol–water partition coefficient (Wildman–Crippen LogP) is 6.50. The molecule has 0 aliphatic carbocycles. The van der Waals surface area contributed by atoms with Crippen LogP contribution in [0.2, 0.25) is 0 Å². The normalized spacial score (nSPS) is 10.7. The maximum Gasteiger partial charge on any atom is 0.268 e. The molecule has 0 aliphatic rings. The number of nitrogens with one attached hydrogen (secondary N) is 2. The highest BCUT2D eigenvalue weighted by Crippen LogP contribution is 2.23. The van der Waals surface area contributed by atoms with E-state index in [1.54, 1.807) is 18.2 Å². The number of methoxy groups -OCH3 is 1. The van der Waals surface area contributed by atoms with E-state index in [1.807, 2.05) is 0 Å². The Labute approximate surface area is 195 Å². The number of hydrogen-bond donors (Lipinski definition) is 3. The van der Waals surface area contributed by atoms with E-state index in [0.29, 0.717) is 23.4 Å². The van der Waals surface area contributed by atoms with Crippen molar-refractivity contribution in [1.29, 1.82) is 0 Å². The Bertz CT molecular complexity index is 649. The summed E-state index contributed by atoms with van der Waals surface area (Å²) in [7, 11) is 1.48. The lowest BCUT2D eigenvalue weighted by molar-refractivity contribution is -0.116. The number of amides is 2. The minimum Gasteiger partial charge on any atom is -0.496 e. The van der Waals surface area contributed by atoms with E-state index in [-0.39, 0.29) is 5.91 Å². The highest BCUT2D eigenvalue weighted by Gasteiger charge is 2.12. The molecule has 6 heteroatoms. The third-order valence-electron chi connectivity index (χ3n) is 5.87. The van der Waals surface area contributed by atoms with Gasteiger partial charge in [0.25, 0.3) is 5.91 Å². The summed E-state index contributed by atoms with van der Waals surface area (Å²) < 4.78 is 5.21. The number of benzene rings is 1. The van der Waals surface area contributed by atoms with Crippen molar-refractivity contribution < 1.29 is 14.3 Å². The summed E-state index contributed by atoms with van der Waals surface area (Å²) in [6.45, 7) is 2.27. The Kier molecular flexibility index (Phi) is 16.1. The number of ether oxygens (including phenoxy) is 1. The fourth-order valence-electron chi connectivity index (χ4n) is 3.91. The van der Waals surface area contributed by atoms with Gasteiger partial charge in [-0.05, 0) is 18.6 Å². The monoisotopic (exact) mass is 447 g/mol. The standard InChI is InChI=1S/C26H45N3O3/c1-3-4-5-6-7-8-9-10-11-12-13-14-15-16-17-18-25(30)28-22-19-20-23(26(31)29-27)24(21-22)32-2/h19-21H,3-18,27H2,1-2H3,(H,28,30)(H,29,31). The van der Waals surface area contributed by atoms with Crippen molar-refractivity contribution >= 4 is 17.5 Å². The summed E-state index contributed by atoms with van der Waals surface area (Å²) in [5.74, 6) is 5.09. The molecule has 0 atom stereocenters. The molecule has 0 bridgehead atoms. The minimum atomic E-state index is -0.433. The van der Waals surface area contributed by atoms with Crippen molar-refractivity contribution in [2.45, 2.75) is 110 Å². The van der Waals surface area contributed by atoms with Crippen molar-refractivity contribution in [3.8, 4) is 5.75 Å². The topological polar surface area (TPSA) is 93.5 Å². The maximum atomic E-state index is 12.2. The SMILES string of the molecule is CCCCCCCCCCCCCCCCCC(=O)Nc1ccc(C(=O)NN)c(OC)c1. The van der Waals surface area contributed by atoms with Gasteiger partial charge in [-0.2, -0.15) is 0 Å². The van der Waals surface area contributed by atoms with Crippen LogP contribution in [0.3, 0.4) is 0 Å². The molecular formula is C26H45N3O3. The summed E-state index contributed by atoms with van der Waals surface area (Å²) in [6.07, 6.45) is 20.1. The molecule has 6 nitrogen and oxygen atoms in total. The fraction of sp³-hybridized carbons (Fsp3) is 0.692. The van der Waals surface area contributed by atoms with E-state index < -0.39 is 5.91 Å². The summed E-state index contributed by atoms with van der Waals surface area (Å²) in [4.78, 5) is 23.9. The van der Waals surface area contributed by atoms with Gasteiger partial charge in [0.15, 0.2) is 0 Å². The molecule has 1 rings (SSSR count). The molecular weight excluding hydrogens is 402 g/mol. The van der Waals surface area contributed by atoms with Crippen molar-refractivity contribution in [2.24, 2.45) is 5.84 Å². The number of anilines is 1. The zero-order valence-electron chi connectivity index (χ0n) is 20.3. The Balaban J connectivity index is 2.02. The number of rotatable bonds is 19. The van der Waals surface area contributed by atoms with Gasteiger partial charge in [0.1, 0.15) is 5.75 Å². The van der Waals surface area contributed by atoms with Gasteiger partial charge in [0.05, 0.1) is 12.7 Å². The number of unbranched alkanes of at least 4 members (excludes halogenated alkanes) is 14. The van der Waals surface area contributed by atoms with Gasteiger partial charge >= 0.3 is 0 Å². The number of carbonyl (C=O) groups is 2. The third kappa shape index (κ3) is 12.7. The van der Waals surface area contributed by atoms with Gasteiger partial charge in [-0.15, -0.1) is 0 Å². The first-order chi connectivity index (χ1) is 15.6. The summed E-state index contributed by atoms with van der Waals surface area (Å²) in [5.41, 5.74) is 3.02. The molecule has 182 valence electrons. The quantitative estimate of drug-likeness (QED) is 0.0976. The smallest absolute Gasteiger partial charge is 0.268 e. The van der Waals surface area contributed by atoms with E-state index in [0.717, 1.165) is 12.8 Å². The summed E-state index contributed by atoms with van der Waals surface area (Å²) in [6, 6.07) is 4.90. The van der Waals surface area contributed by atoms with Crippen LogP contribution in [0, 0.1) is 0 Å². The highest BCUT2D eigenvalue weighted by molar-refractivity contribution is 5.98. The molecule has 2 amide bonds. The molecule has 0 fully saturated rings. The molecule has 0 spiro atoms.